The molecule has 5 nitrogen and oxygen atoms in total. The highest BCUT2D eigenvalue weighted by Crippen LogP contribution is 2.26. The number of hydrogen-bond acceptors (Lipinski definition) is 4. The Hall–Kier alpha value is -1.31. The molecule has 0 atom stereocenters. The molecule has 0 aliphatic rings. The topological polar surface area (TPSA) is 64.2 Å². The highest BCUT2D eigenvalue weighted by atomic mass is 127. The molecule has 0 aliphatic heterocycles. The predicted octanol–water partition coefficient (Wildman–Crippen LogP) is 1.96. The number of aromatic amines is 1. The molecule has 0 fully saturated rings. The second-order valence-electron chi connectivity index (χ2n) is 3.08. The summed E-state index contributed by atoms with van der Waals surface area (Å²) in [7, 11) is 2.90. The van der Waals surface area contributed by atoms with Crippen LogP contribution in [0.3, 0.4) is 0 Å². The van der Waals surface area contributed by atoms with E-state index in [4.69, 9.17) is 4.74 Å². The lowest BCUT2D eigenvalue weighted by atomic mass is 10.3. The molecule has 2 aromatic heterocycles. The Labute approximate surface area is 105 Å². The first-order valence-electron chi connectivity index (χ1n) is 4.47. The number of methoxy groups -OCH3 is 2. The normalized spacial score (nSPS) is 10.4. The minimum absolute atomic E-state index is 0.389. The zero-order chi connectivity index (χ0) is 11.7. The summed E-state index contributed by atoms with van der Waals surface area (Å²) in [5, 5.41) is 0.896. The molecule has 0 unspecified atom stereocenters. The lowest BCUT2D eigenvalue weighted by molar-refractivity contribution is 0.0594. The van der Waals surface area contributed by atoms with Crippen LogP contribution in [0.15, 0.2) is 12.3 Å². The molecule has 84 valence electrons. The van der Waals surface area contributed by atoms with Gasteiger partial charge in [-0.3, -0.25) is 0 Å². The maximum atomic E-state index is 11.4. The number of rotatable bonds is 2. The van der Waals surface area contributed by atoms with Crippen LogP contribution in [0.4, 0.5) is 0 Å². The van der Waals surface area contributed by atoms with Crippen molar-refractivity contribution in [1.29, 1.82) is 0 Å². The molecular weight excluding hydrogens is 323 g/mol. The Morgan fingerprint density at radius 3 is 2.88 bits per heavy atom. The predicted molar refractivity (Wildman–Crippen MR) is 66.7 cm³/mol. The van der Waals surface area contributed by atoms with Gasteiger partial charge in [-0.25, -0.2) is 9.78 Å². The summed E-state index contributed by atoms with van der Waals surface area (Å²) >= 11 is 2.09. The van der Waals surface area contributed by atoms with Crippen molar-refractivity contribution in [2.45, 2.75) is 0 Å². The number of aromatic nitrogens is 2. The van der Waals surface area contributed by atoms with E-state index in [-0.39, 0.29) is 5.97 Å². The van der Waals surface area contributed by atoms with Crippen LogP contribution >= 0.6 is 22.6 Å². The quantitative estimate of drug-likeness (QED) is 0.675. The number of hydrogen-bond donors (Lipinski definition) is 1. The molecule has 2 heterocycles. The van der Waals surface area contributed by atoms with E-state index < -0.39 is 0 Å². The Kier molecular flexibility index (Phi) is 2.99. The van der Waals surface area contributed by atoms with Crippen molar-refractivity contribution < 1.29 is 14.3 Å². The fourth-order valence-corrected chi connectivity index (χ4v) is 2.20. The highest BCUT2D eigenvalue weighted by Gasteiger charge is 2.16. The summed E-state index contributed by atoms with van der Waals surface area (Å²) in [6.45, 7) is 0. The van der Waals surface area contributed by atoms with Gasteiger partial charge in [0, 0.05) is 11.5 Å². The molecule has 6 heteroatoms. The molecule has 0 saturated heterocycles. The summed E-state index contributed by atoms with van der Waals surface area (Å²) in [6, 6.07) is 1.78. The lowest BCUT2D eigenvalue weighted by Crippen LogP contribution is -2.02. The first-order valence-corrected chi connectivity index (χ1v) is 5.54. The molecule has 0 aliphatic carbocycles. The van der Waals surface area contributed by atoms with Crippen molar-refractivity contribution in [3.05, 3.63) is 21.5 Å². The lowest BCUT2D eigenvalue weighted by Gasteiger charge is -1.97. The Bertz CT molecular complexity index is 550. The number of nitrogens with zero attached hydrogens (tertiary/aromatic N) is 1. The molecule has 16 heavy (non-hydrogen) atoms. The third-order valence-corrected chi connectivity index (χ3v) is 3.31. The fourth-order valence-electron chi connectivity index (χ4n) is 1.40. The van der Waals surface area contributed by atoms with E-state index >= 15 is 0 Å². The van der Waals surface area contributed by atoms with Crippen LogP contribution < -0.4 is 4.74 Å². The third-order valence-electron chi connectivity index (χ3n) is 2.19. The van der Waals surface area contributed by atoms with Crippen LogP contribution in [0.5, 0.6) is 5.88 Å². The Balaban J connectivity index is 2.64. The summed E-state index contributed by atoms with van der Waals surface area (Å²) < 4.78 is 10.5. The molecule has 0 aromatic carbocycles. The second-order valence-corrected chi connectivity index (χ2v) is 4.16. The van der Waals surface area contributed by atoms with E-state index in [1.807, 2.05) is 0 Å². The molecule has 0 bridgehead atoms. The van der Waals surface area contributed by atoms with Gasteiger partial charge in [0.1, 0.15) is 5.69 Å². The number of nitrogens with one attached hydrogen (secondary N) is 1. The van der Waals surface area contributed by atoms with Crippen molar-refractivity contribution in [3.8, 4) is 5.88 Å². The number of halogens is 1. The number of esters is 1. The summed E-state index contributed by atoms with van der Waals surface area (Å²) in [5.74, 6) is 0.125. The monoisotopic (exact) mass is 332 g/mol. The molecule has 0 spiro atoms. The van der Waals surface area contributed by atoms with E-state index in [1.165, 1.54) is 7.11 Å². The van der Waals surface area contributed by atoms with Gasteiger partial charge in [-0.1, -0.05) is 0 Å². The van der Waals surface area contributed by atoms with Crippen molar-refractivity contribution >= 4 is 39.5 Å². The molecule has 0 saturated carbocycles. The van der Waals surface area contributed by atoms with Crippen LogP contribution in [-0.2, 0) is 4.74 Å². The Morgan fingerprint density at radius 2 is 2.25 bits per heavy atom. The molecule has 2 rings (SSSR count). The van der Waals surface area contributed by atoms with Crippen molar-refractivity contribution in [1.82, 2.24) is 9.97 Å². The largest absolute Gasteiger partial charge is 0.481 e. The minimum Gasteiger partial charge on any atom is -0.481 e. The zero-order valence-corrected chi connectivity index (χ0v) is 10.9. The number of ether oxygens (including phenoxy) is 2. The van der Waals surface area contributed by atoms with Gasteiger partial charge < -0.3 is 14.5 Å². The van der Waals surface area contributed by atoms with E-state index in [9.17, 15) is 4.79 Å². The van der Waals surface area contributed by atoms with Gasteiger partial charge in [0.25, 0.3) is 0 Å². The van der Waals surface area contributed by atoms with Crippen molar-refractivity contribution in [2.24, 2.45) is 0 Å². The maximum Gasteiger partial charge on any atom is 0.355 e. The van der Waals surface area contributed by atoms with Crippen LogP contribution in [0.25, 0.3) is 10.9 Å². The number of fused-ring (bicyclic) bond motifs is 1. The van der Waals surface area contributed by atoms with Gasteiger partial charge >= 0.3 is 5.97 Å². The second kappa shape index (κ2) is 4.28. The number of carbonyl (C=O) groups excluding carboxylic acids is 1. The Morgan fingerprint density at radius 1 is 1.50 bits per heavy atom. The SMILES string of the molecule is COC(=O)c1[nH]c2cnc(OC)cc2c1I. The van der Waals surface area contributed by atoms with E-state index in [0.717, 1.165) is 14.5 Å². The van der Waals surface area contributed by atoms with Gasteiger partial charge in [-0.2, -0.15) is 0 Å². The van der Waals surface area contributed by atoms with Crippen LogP contribution in [0.1, 0.15) is 10.5 Å². The van der Waals surface area contributed by atoms with E-state index in [0.29, 0.717) is 11.6 Å². The highest BCUT2D eigenvalue weighted by molar-refractivity contribution is 14.1. The minimum atomic E-state index is -0.389. The maximum absolute atomic E-state index is 11.4. The van der Waals surface area contributed by atoms with Gasteiger partial charge in [0.05, 0.1) is 29.5 Å². The summed E-state index contributed by atoms with van der Waals surface area (Å²) in [6.07, 6.45) is 1.63. The van der Waals surface area contributed by atoms with Gasteiger partial charge in [-0.15, -0.1) is 0 Å². The molecular formula is C10H9IN2O3. The molecule has 0 radical (unpaired) electrons. The number of carbonyl (C=O) groups is 1. The smallest absolute Gasteiger partial charge is 0.355 e. The summed E-state index contributed by atoms with van der Waals surface area (Å²) in [4.78, 5) is 18.5. The molecule has 0 amide bonds. The van der Waals surface area contributed by atoms with Crippen molar-refractivity contribution in [3.63, 3.8) is 0 Å². The van der Waals surface area contributed by atoms with Crippen LogP contribution in [0, 0.1) is 3.57 Å². The van der Waals surface area contributed by atoms with Crippen LogP contribution in [-0.4, -0.2) is 30.2 Å². The van der Waals surface area contributed by atoms with Gasteiger partial charge in [0.2, 0.25) is 5.88 Å². The summed E-state index contributed by atoms with van der Waals surface area (Å²) in [5.41, 5.74) is 1.22. The van der Waals surface area contributed by atoms with Gasteiger partial charge in [-0.05, 0) is 22.6 Å². The number of pyridine rings is 1. The molecule has 1 N–H and O–H groups in total. The van der Waals surface area contributed by atoms with E-state index in [2.05, 4.69) is 37.3 Å². The average molecular weight is 332 g/mol. The number of H-pyrrole nitrogens is 1. The van der Waals surface area contributed by atoms with Gasteiger partial charge in [0.15, 0.2) is 0 Å². The standard InChI is InChI=1S/C10H9IN2O3/c1-15-7-3-5-6(4-12-7)13-9(8(5)11)10(14)16-2/h3-4,13H,1-2H3. The first-order chi connectivity index (χ1) is 7.67. The van der Waals surface area contributed by atoms with E-state index in [1.54, 1.807) is 19.4 Å². The van der Waals surface area contributed by atoms with Crippen LogP contribution in [0.2, 0.25) is 0 Å². The molecule has 2 aromatic rings. The fraction of sp³-hybridized carbons (Fsp3) is 0.200. The average Bonchev–Trinajstić information content (AvgIpc) is 2.65. The third kappa shape index (κ3) is 1.73. The van der Waals surface area contributed by atoms with Crippen molar-refractivity contribution in [2.75, 3.05) is 14.2 Å². The zero-order valence-electron chi connectivity index (χ0n) is 8.70. The first kappa shape index (κ1) is 11.2.